The molecule has 130 valence electrons. The number of nitrogens with one attached hydrogen (secondary N) is 1. The molecule has 0 aliphatic heterocycles. The number of carbonyl (C=O) groups is 1. The average molecular weight is 432 g/mol. The summed E-state index contributed by atoms with van der Waals surface area (Å²) in [5.41, 5.74) is -0.299. The monoisotopic (exact) mass is 431 g/mol. The van der Waals surface area contributed by atoms with E-state index in [1.165, 1.54) is 0 Å². The molecule has 0 saturated carbocycles. The van der Waals surface area contributed by atoms with Crippen LogP contribution in [0.4, 0.5) is 27.6 Å². The molecule has 0 aliphatic carbocycles. The summed E-state index contributed by atoms with van der Waals surface area (Å²) in [6.07, 6.45) is -4.79. The number of thioether (sulfide) groups is 1. The molecular formula is C11H7BrF5N5OS. The lowest BCUT2D eigenvalue weighted by atomic mass is 10.3. The lowest BCUT2D eigenvalue weighted by Gasteiger charge is -2.09. The van der Waals surface area contributed by atoms with Gasteiger partial charge in [0, 0.05) is 10.5 Å². The molecule has 13 heteroatoms. The molecule has 3 N–H and O–H groups in total. The van der Waals surface area contributed by atoms with Gasteiger partial charge in [-0.25, -0.2) is 13.5 Å². The molecule has 0 saturated heterocycles. The van der Waals surface area contributed by atoms with E-state index in [9.17, 15) is 26.7 Å². The number of hydrogen-bond donors (Lipinski definition) is 2. The van der Waals surface area contributed by atoms with Crippen LogP contribution < -0.4 is 11.2 Å². The Kier molecular flexibility index (Phi) is 5.32. The molecule has 0 bridgehead atoms. The molecule has 0 atom stereocenters. The van der Waals surface area contributed by atoms with Gasteiger partial charge in [0.2, 0.25) is 11.1 Å². The van der Waals surface area contributed by atoms with E-state index < -0.39 is 35.3 Å². The number of halogens is 6. The van der Waals surface area contributed by atoms with Gasteiger partial charge < -0.3 is 11.2 Å². The van der Waals surface area contributed by atoms with Gasteiger partial charge in [-0.3, -0.25) is 4.79 Å². The normalized spacial score (nSPS) is 11.6. The summed E-state index contributed by atoms with van der Waals surface area (Å²) in [5.74, 6) is 0.746. The molecule has 0 spiro atoms. The molecule has 2 rings (SSSR count). The second-order valence-electron chi connectivity index (χ2n) is 4.26. The molecule has 0 aliphatic rings. The second-order valence-corrected chi connectivity index (χ2v) is 6.05. The fourth-order valence-electron chi connectivity index (χ4n) is 1.54. The lowest BCUT2D eigenvalue weighted by Crippen LogP contribution is -2.22. The predicted molar refractivity (Wildman–Crippen MR) is 78.6 cm³/mol. The van der Waals surface area contributed by atoms with Gasteiger partial charge in [-0.1, -0.05) is 11.8 Å². The Morgan fingerprint density at radius 1 is 1.33 bits per heavy atom. The van der Waals surface area contributed by atoms with Crippen molar-refractivity contribution in [3.8, 4) is 0 Å². The number of aromatic nitrogens is 3. The molecule has 1 aromatic carbocycles. The highest BCUT2D eigenvalue weighted by Gasteiger charge is 2.38. The van der Waals surface area contributed by atoms with Gasteiger partial charge in [-0.05, 0) is 22.0 Å². The summed E-state index contributed by atoms with van der Waals surface area (Å²) >= 11 is 3.45. The Bertz CT molecular complexity index is 758. The van der Waals surface area contributed by atoms with Gasteiger partial charge >= 0.3 is 6.18 Å². The van der Waals surface area contributed by atoms with Gasteiger partial charge in [0.15, 0.2) is 5.82 Å². The Balaban J connectivity index is 2.04. The van der Waals surface area contributed by atoms with Gasteiger partial charge in [0.25, 0.3) is 5.82 Å². The van der Waals surface area contributed by atoms with Gasteiger partial charge in [-0.2, -0.15) is 13.2 Å². The van der Waals surface area contributed by atoms with Crippen molar-refractivity contribution in [1.29, 1.82) is 0 Å². The third kappa shape index (κ3) is 4.14. The zero-order valence-corrected chi connectivity index (χ0v) is 13.8. The SMILES string of the molecule is Nn1c(SCC(=O)Nc2c(F)cc(F)cc2Br)nnc1C(F)(F)F. The predicted octanol–water partition coefficient (Wildman–Crippen LogP) is 2.78. The highest BCUT2D eigenvalue weighted by molar-refractivity contribution is 9.10. The van der Waals surface area contributed by atoms with E-state index in [1.54, 1.807) is 0 Å². The van der Waals surface area contributed by atoms with Crippen molar-refractivity contribution in [2.75, 3.05) is 16.9 Å². The molecule has 0 unspecified atom stereocenters. The maximum atomic E-state index is 13.6. The minimum Gasteiger partial charge on any atom is -0.335 e. The van der Waals surface area contributed by atoms with Crippen LogP contribution in [0.5, 0.6) is 0 Å². The average Bonchev–Trinajstić information content (AvgIpc) is 2.81. The maximum Gasteiger partial charge on any atom is 0.453 e. The topological polar surface area (TPSA) is 85.8 Å². The van der Waals surface area contributed by atoms with Gasteiger partial charge in [-0.15, -0.1) is 10.2 Å². The van der Waals surface area contributed by atoms with Crippen molar-refractivity contribution >= 4 is 39.3 Å². The van der Waals surface area contributed by atoms with Gasteiger partial charge in [0.1, 0.15) is 5.82 Å². The summed E-state index contributed by atoms with van der Waals surface area (Å²) in [4.78, 5) is 11.8. The molecule has 1 amide bonds. The quantitative estimate of drug-likeness (QED) is 0.441. The molecule has 0 fully saturated rings. The van der Waals surface area contributed by atoms with Crippen LogP contribution >= 0.6 is 27.7 Å². The van der Waals surface area contributed by atoms with Crippen LogP contribution in [0, 0.1) is 11.6 Å². The van der Waals surface area contributed by atoms with E-state index in [1.807, 2.05) is 0 Å². The number of nitrogens with two attached hydrogens (primary N) is 1. The van der Waals surface area contributed by atoms with E-state index in [0.29, 0.717) is 17.8 Å². The summed E-state index contributed by atoms with van der Waals surface area (Å²) in [5, 5.41) is 7.93. The molecule has 1 aromatic heterocycles. The van der Waals surface area contributed by atoms with E-state index in [2.05, 4.69) is 31.4 Å². The van der Waals surface area contributed by atoms with Crippen molar-refractivity contribution in [1.82, 2.24) is 14.9 Å². The number of benzene rings is 1. The van der Waals surface area contributed by atoms with Crippen molar-refractivity contribution in [2.45, 2.75) is 11.3 Å². The van der Waals surface area contributed by atoms with Crippen LogP contribution in [0.2, 0.25) is 0 Å². The number of rotatable bonds is 4. The van der Waals surface area contributed by atoms with Crippen LogP contribution in [0.3, 0.4) is 0 Å². The second kappa shape index (κ2) is 6.93. The first-order valence-corrected chi connectivity index (χ1v) is 7.72. The third-order valence-electron chi connectivity index (χ3n) is 2.52. The van der Waals surface area contributed by atoms with Crippen molar-refractivity contribution in [3.63, 3.8) is 0 Å². The van der Waals surface area contributed by atoms with E-state index in [0.717, 1.165) is 6.07 Å². The Morgan fingerprint density at radius 3 is 2.54 bits per heavy atom. The largest absolute Gasteiger partial charge is 0.453 e. The molecule has 6 nitrogen and oxygen atoms in total. The van der Waals surface area contributed by atoms with E-state index in [4.69, 9.17) is 5.84 Å². The zero-order valence-electron chi connectivity index (χ0n) is 11.4. The number of nitrogen functional groups attached to an aromatic ring is 1. The van der Waals surface area contributed by atoms with Crippen LogP contribution in [0.15, 0.2) is 21.8 Å². The molecular weight excluding hydrogens is 425 g/mol. The lowest BCUT2D eigenvalue weighted by molar-refractivity contribution is -0.146. The maximum absolute atomic E-state index is 13.6. The Labute approximate surface area is 143 Å². The number of amides is 1. The Morgan fingerprint density at radius 2 is 2.00 bits per heavy atom. The fourth-order valence-corrected chi connectivity index (χ4v) is 2.70. The van der Waals surface area contributed by atoms with Crippen molar-refractivity contribution in [3.05, 3.63) is 34.1 Å². The Hall–Kier alpha value is -1.89. The summed E-state index contributed by atoms with van der Waals surface area (Å²) < 4.78 is 64.2. The first kappa shape index (κ1) is 18.4. The van der Waals surface area contributed by atoms with E-state index in [-0.39, 0.29) is 20.0 Å². The minimum absolute atomic E-state index is 0.0281. The third-order valence-corrected chi connectivity index (χ3v) is 4.09. The standard InChI is InChI=1S/C11H7BrF5N5OS/c12-5-1-4(13)2-6(14)8(5)19-7(23)3-24-10-21-20-9(22(10)18)11(15,16)17/h1-2H,3,18H2,(H,19,23). The van der Waals surface area contributed by atoms with Crippen molar-refractivity contribution < 1.29 is 26.7 Å². The summed E-state index contributed by atoms with van der Waals surface area (Å²) in [6, 6.07) is 1.51. The van der Waals surface area contributed by atoms with E-state index >= 15 is 0 Å². The number of nitrogens with zero attached hydrogens (tertiary/aromatic N) is 3. The van der Waals surface area contributed by atoms with Gasteiger partial charge in [0.05, 0.1) is 11.4 Å². The van der Waals surface area contributed by atoms with Crippen LogP contribution in [0.25, 0.3) is 0 Å². The van der Waals surface area contributed by atoms with Crippen LogP contribution in [-0.4, -0.2) is 26.5 Å². The molecule has 0 radical (unpaired) electrons. The zero-order chi connectivity index (χ0) is 18.1. The van der Waals surface area contributed by atoms with Crippen molar-refractivity contribution in [2.24, 2.45) is 0 Å². The molecule has 24 heavy (non-hydrogen) atoms. The first-order valence-electron chi connectivity index (χ1n) is 5.94. The van der Waals surface area contributed by atoms with Crippen LogP contribution in [0.1, 0.15) is 5.82 Å². The first-order chi connectivity index (χ1) is 11.1. The smallest absolute Gasteiger partial charge is 0.335 e. The highest BCUT2D eigenvalue weighted by Crippen LogP contribution is 2.29. The number of anilines is 1. The summed E-state index contributed by atoms with van der Waals surface area (Å²) in [6.45, 7) is 0. The fraction of sp³-hybridized carbons (Fsp3) is 0.182. The number of hydrogen-bond acceptors (Lipinski definition) is 5. The summed E-state index contributed by atoms with van der Waals surface area (Å²) in [7, 11) is 0. The number of carbonyl (C=O) groups excluding carboxylic acids is 1. The number of alkyl halides is 3. The molecule has 1 heterocycles. The minimum atomic E-state index is -4.79. The highest BCUT2D eigenvalue weighted by atomic mass is 79.9. The molecule has 2 aromatic rings. The van der Waals surface area contributed by atoms with Crippen LogP contribution in [-0.2, 0) is 11.0 Å².